The van der Waals surface area contributed by atoms with E-state index in [1.807, 2.05) is 30.0 Å². The number of thiophene rings is 1. The largest absolute Gasteiger partial charge is 0.337 e. The molecular weight excluding hydrogens is 394 g/mol. The number of nitrogens with zero attached hydrogens (tertiary/aromatic N) is 3. The maximum absolute atomic E-state index is 12.2. The van der Waals surface area contributed by atoms with Gasteiger partial charge in [0, 0.05) is 49.1 Å². The third-order valence-corrected chi connectivity index (χ3v) is 6.13. The highest BCUT2D eigenvalue weighted by atomic mass is 79.9. The number of carbonyl (C=O) groups is 1. The second-order valence-electron chi connectivity index (χ2n) is 5.43. The van der Waals surface area contributed by atoms with Crippen molar-refractivity contribution in [2.24, 2.45) is 0 Å². The van der Waals surface area contributed by atoms with E-state index < -0.39 is 0 Å². The van der Waals surface area contributed by atoms with Crippen LogP contribution in [-0.2, 0) is 11.3 Å². The molecule has 0 radical (unpaired) electrons. The summed E-state index contributed by atoms with van der Waals surface area (Å²) in [6.07, 6.45) is 3.57. The summed E-state index contributed by atoms with van der Waals surface area (Å²) in [7, 11) is 0. The number of hydrogen-bond donors (Lipinski definition) is 0. The highest BCUT2D eigenvalue weighted by Crippen LogP contribution is 2.23. The zero-order valence-corrected chi connectivity index (χ0v) is 16.1. The van der Waals surface area contributed by atoms with Gasteiger partial charge in [-0.05, 0) is 41.1 Å². The molecule has 1 aliphatic rings. The van der Waals surface area contributed by atoms with Gasteiger partial charge in [0.15, 0.2) is 0 Å². The maximum atomic E-state index is 12.2. The molecule has 2 aromatic rings. The molecular formula is C16H18BrN3OS2. The van der Waals surface area contributed by atoms with Crippen LogP contribution in [0.5, 0.6) is 0 Å². The number of amides is 1. The quantitative estimate of drug-likeness (QED) is 0.720. The van der Waals surface area contributed by atoms with Crippen molar-refractivity contribution in [3.8, 4) is 0 Å². The van der Waals surface area contributed by atoms with Crippen molar-refractivity contribution in [3.63, 3.8) is 0 Å². The molecule has 4 nitrogen and oxygen atoms in total. The highest BCUT2D eigenvalue weighted by Gasteiger charge is 2.20. The van der Waals surface area contributed by atoms with Crippen LogP contribution >= 0.6 is 38.6 Å². The molecule has 3 heterocycles. The molecule has 1 saturated heterocycles. The number of piperazine rings is 1. The molecule has 1 amide bonds. The number of hydrogen-bond acceptors (Lipinski definition) is 5. The molecule has 23 heavy (non-hydrogen) atoms. The van der Waals surface area contributed by atoms with Gasteiger partial charge in [0.25, 0.3) is 0 Å². The Labute approximate surface area is 152 Å². The van der Waals surface area contributed by atoms with Crippen LogP contribution in [0, 0.1) is 6.92 Å². The standard InChI is InChI=1S/C16H18BrN3OS2/c1-12-18-13(11-22-12)10-19-6-8-20(9-7-19)16(21)5-3-14-2-4-15(17)23-14/h2-5,11H,6-10H2,1H3/b5-3+. The normalized spacial score (nSPS) is 16.3. The molecule has 0 bridgehead atoms. The fraction of sp³-hybridized carbons (Fsp3) is 0.375. The Hall–Kier alpha value is -1.02. The Morgan fingerprint density at radius 2 is 2.13 bits per heavy atom. The van der Waals surface area contributed by atoms with E-state index in [1.165, 1.54) is 0 Å². The number of carbonyl (C=O) groups excluding carboxylic acids is 1. The topological polar surface area (TPSA) is 36.4 Å². The third-order valence-electron chi connectivity index (χ3n) is 3.72. The van der Waals surface area contributed by atoms with Gasteiger partial charge in [-0.15, -0.1) is 22.7 Å². The van der Waals surface area contributed by atoms with Crippen LogP contribution in [0.15, 0.2) is 27.4 Å². The molecule has 0 aliphatic carbocycles. The predicted octanol–water partition coefficient (Wildman–Crippen LogP) is 3.63. The molecule has 0 saturated carbocycles. The lowest BCUT2D eigenvalue weighted by Gasteiger charge is -2.33. The van der Waals surface area contributed by atoms with Gasteiger partial charge < -0.3 is 4.90 Å². The summed E-state index contributed by atoms with van der Waals surface area (Å²) in [5.74, 6) is 0.0960. The van der Waals surface area contributed by atoms with E-state index in [-0.39, 0.29) is 5.91 Å². The fourth-order valence-electron chi connectivity index (χ4n) is 2.51. The summed E-state index contributed by atoms with van der Waals surface area (Å²) in [5, 5.41) is 3.23. The highest BCUT2D eigenvalue weighted by molar-refractivity contribution is 9.11. The van der Waals surface area contributed by atoms with Crippen LogP contribution < -0.4 is 0 Å². The monoisotopic (exact) mass is 411 g/mol. The second kappa shape index (κ2) is 7.70. The van der Waals surface area contributed by atoms with Gasteiger partial charge in [0.2, 0.25) is 5.91 Å². The minimum absolute atomic E-state index is 0.0960. The van der Waals surface area contributed by atoms with E-state index in [0.717, 1.165) is 52.1 Å². The van der Waals surface area contributed by atoms with Gasteiger partial charge in [0.1, 0.15) is 0 Å². The smallest absolute Gasteiger partial charge is 0.246 e. The molecule has 7 heteroatoms. The first-order valence-electron chi connectivity index (χ1n) is 7.46. The Morgan fingerprint density at radius 1 is 1.35 bits per heavy atom. The number of halogens is 1. The summed E-state index contributed by atoms with van der Waals surface area (Å²) in [6.45, 7) is 6.27. The third kappa shape index (κ3) is 4.73. The van der Waals surface area contributed by atoms with Gasteiger partial charge >= 0.3 is 0 Å². The number of rotatable bonds is 4. The number of aryl methyl sites for hydroxylation is 1. The Bertz CT molecular complexity index is 702. The van der Waals surface area contributed by atoms with Gasteiger partial charge in [-0.25, -0.2) is 4.98 Å². The van der Waals surface area contributed by atoms with Crippen molar-refractivity contribution < 1.29 is 4.79 Å². The van der Waals surface area contributed by atoms with Crippen LogP contribution in [0.1, 0.15) is 15.6 Å². The molecule has 122 valence electrons. The Kier molecular flexibility index (Phi) is 5.63. The summed E-state index contributed by atoms with van der Waals surface area (Å²) in [5.41, 5.74) is 1.13. The summed E-state index contributed by atoms with van der Waals surface area (Å²) >= 11 is 6.75. The fourth-order valence-corrected chi connectivity index (χ4v) is 4.44. The van der Waals surface area contributed by atoms with E-state index >= 15 is 0 Å². The van der Waals surface area contributed by atoms with E-state index in [1.54, 1.807) is 28.7 Å². The second-order valence-corrected chi connectivity index (χ2v) is 8.99. The lowest BCUT2D eigenvalue weighted by atomic mass is 10.3. The van der Waals surface area contributed by atoms with E-state index in [0.29, 0.717) is 0 Å². The maximum Gasteiger partial charge on any atom is 0.246 e. The van der Waals surface area contributed by atoms with Crippen molar-refractivity contribution in [2.75, 3.05) is 26.2 Å². The molecule has 0 N–H and O–H groups in total. The number of thiazole rings is 1. The molecule has 3 rings (SSSR count). The van der Waals surface area contributed by atoms with Gasteiger partial charge in [0.05, 0.1) is 14.5 Å². The van der Waals surface area contributed by atoms with Crippen LogP contribution in [-0.4, -0.2) is 46.9 Å². The lowest BCUT2D eigenvalue weighted by Crippen LogP contribution is -2.47. The summed E-state index contributed by atoms with van der Waals surface area (Å²) < 4.78 is 1.08. The van der Waals surface area contributed by atoms with Crippen LogP contribution in [0.4, 0.5) is 0 Å². The van der Waals surface area contributed by atoms with Crippen molar-refractivity contribution in [1.29, 1.82) is 0 Å². The molecule has 1 aliphatic heterocycles. The zero-order valence-electron chi connectivity index (χ0n) is 12.9. The zero-order chi connectivity index (χ0) is 16.2. The summed E-state index contributed by atoms with van der Waals surface area (Å²) in [4.78, 5) is 22.1. The lowest BCUT2D eigenvalue weighted by molar-refractivity contribution is -0.127. The first-order chi connectivity index (χ1) is 11.1. The predicted molar refractivity (Wildman–Crippen MR) is 99.8 cm³/mol. The molecule has 1 fully saturated rings. The van der Waals surface area contributed by atoms with Gasteiger partial charge in [-0.2, -0.15) is 0 Å². The SMILES string of the molecule is Cc1nc(CN2CCN(C(=O)/C=C/c3ccc(Br)s3)CC2)cs1. The molecule has 0 unspecified atom stereocenters. The van der Waals surface area contributed by atoms with Crippen molar-refractivity contribution in [2.45, 2.75) is 13.5 Å². The van der Waals surface area contributed by atoms with E-state index in [4.69, 9.17) is 0 Å². The first kappa shape index (κ1) is 16.8. The number of aromatic nitrogens is 1. The Morgan fingerprint density at radius 3 is 2.74 bits per heavy atom. The van der Waals surface area contributed by atoms with Gasteiger partial charge in [-0.1, -0.05) is 0 Å². The van der Waals surface area contributed by atoms with Gasteiger partial charge in [-0.3, -0.25) is 9.69 Å². The average molecular weight is 412 g/mol. The molecule has 0 spiro atoms. The van der Waals surface area contributed by atoms with Crippen LogP contribution in [0.2, 0.25) is 0 Å². The van der Waals surface area contributed by atoms with Crippen molar-refractivity contribution >= 4 is 50.6 Å². The summed E-state index contributed by atoms with van der Waals surface area (Å²) in [6, 6.07) is 4.00. The molecule has 2 aromatic heterocycles. The molecule has 0 aromatic carbocycles. The first-order valence-corrected chi connectivity index (χ1v) is 9.95. The van der Waals surface area contributed by atoms with E-state index in [2.05, 4.69) is 31.2 Å². The minimum Gasteiger partial charge on any atom is -0.337 e. The minimum atomic E-state index is 0.0960. The van der Waals surface area contributed by atoms with Crippen molar-refractivity contribution in [1.82, 2.24) is 14.8 Å². The van der Waals surface area contributed by atoms with Crippen LogP contribution in [0.3, 0.4) is 0 Å². The van der Waals surface area contributed by atoms with Crippen LogP contribution in [0.25, 0.3) is 6.08 Å². The molecule has 0 atom stereocenters. The van der Waals surface area contributed by atoms with Crippen molar-refractivity contribution in [3.05, 3.63) is 43.0 Å². The van der Waals surface area contributed by atoms with E-state index in [9.17, 15) is 4.79 Å². The Balaban J connectivity index is 1.48. The average Bonchev–Trinajstić information content (AvgIpc) is 3.14.